The molecule has 12 heteroatoms. The van der Waals surface area contributed by atoms with Crippen LogP contribution in [0.25, 0.3) is 0 Å². The summed E-state index contributed by atoms with van der Waals surface area (Å²) < 4.78 is 0. The molecule has 0 fully saturated rings. The lowest BCUT2D eigenvalue weighted by atomic mass is 10.3. The van der Waals surface area contributed by atoms with Crippen molar-refractivity contribution < 1.29 is 29.4 Å². The Morgan fingerprint density at radius 1 is 0.818 bits per heavy atom. The van der Waals surface area contributed by atoms with Gasteiger partial charge in [-0.05, 0) is 0 Å². The van der Waals surface area contributed by atoms with E-state index in [0.29, 0.717) is 0 Å². The second-order valence-corrected chi connectivity index (χ2v) is 6.56. The Kier molecular flexibility index (Phi) is 10.4. The molecule has 126 valence electrons. The van der Waals surface area contributed by atoms with Crippen LogP contribution in [0.3, 0.4) is 0 Å². The van der Waals surface area contributed by atoms with E-state index >= 15 is 0 Å². The van der Waals surface area contributed by atoms with Crippen LogP contribution in [0.1, 0.15) is 0 Å². The highest BCUT2D eigenvalue weighted by Crippen LogP contribution is 2.22. The number of hydrogen-bond acceptors (Lipinski definition) is 8. The fourth-order valence-corrected chi connectivity index (χ4v) is 3.23. The number of nitrogens with two attached hydrogens (primary N) is 2. The third kappa shape index (κ3) is 10.3. The molecule has 0 spiro atoms. The van der Waals surface area contributed by atoms with E-state index in [9.17, 15) is 19.2 Å². The molecule has 0 bridgehead atoms. The van der Waals surface area contributed by atoms with Gasteiger partial charge in [0, 0.05) is 11.5 Å². The minimum absolute atomic E-state index is 0.208. The van der Waals surface area contributed by atoms with Crippen LogP contribution >= 0.6 is 21.6 Å². The zero-order valence-electron chi connectivity index (χ0n) is 11.5. The molecule has 0 aromatic heterocycles. The van der Waals surface area contributed by atoms with Crippen LogP contribution < -0.4 is 22.1 Å². The highest BCUT2D eigenvalue weighted by atomic mass is 33.1. The Bertz CT molecular complexity index is 384. The van der Waals surface area contributed by atoms with Crippen LogP contribution in [0.4, 0.5) is 0 Å². The lowest BCUT2D eigenvalue weighted by molar-refractivity contribution is -0.138. The van der Waals surface area contributed by atoms with Gasteiger partial charge in [0.05, 0.1) is 12.1 Å². The molecule has 0 aliphatic rings. The van der Waals surface area contributed by atoms with Crippen molar-refractivity contribution in [1.82, 2.24) is 10.6 Å². The third-order valence-electron chi connectivity index (χ3n) is 2.08. The van der Waals surface area contributed by atoms with Crippen LogP contribution in [0.15, 0.2) is 0 Å². The first-order chi connectivity index (χ1) is 10.2. The van der Waals surface area contributed by atoms with E-state index in [1.807, 2.05) is 0 Å². The van der Waals surface area contributed by atoms with Crippen LogP contribution in [-0.2, 0) is 19.2 Å². The van der Waals surface area contributed by atoms with Gasteiger partial charge >= 0.3 is 11.9 Å². The SMILES string of the molecule is N[C@H](CSSC[C@H](N)C(=O)NCC(=O)O)C(=O)NCC(=O)O. The van der Waals surface area contributed by atoms with Crippen molar-refractivity contribution in [2.45, 2.75) is 12.1 Å². The number of hydrogen-bond donors (Lipinski definition) is 6. The second kappa shape index (κ2) is 11.1. The smallest absolute Gasteiger partial charge is 0.322 e. The summed E-state index contributed by atoms with van der Waals surface area (Å²) >= 11 is 0. The molecule has 8 N–H and O–H groups in total. The number of carbonyl (C=O) groups excluding carboxylic acids is 2. The third-order valence-corrected chi connectivity index (χ3v) is 4.55. The minimum atomic E-state index is -1.17. The lowest BCUT2D eigenvalue weighted by Crippen LogP contribution is -2.44. The summed E-state index contributed by atoms with van der Waals surface area (Å²) in [5.74, 6) is -3.08. The van der Waals surface area contributed by atoms with Gasteiger partial charge in [-0.2, -0.15) is 0 Å². The van der Waals surface area contributed by atoms with Crippen molar-refractivity contribution in [2.75, 3.05) is 24.6 Å². The molecule has 0 aromatic carbocycles. The average molecular weight is 354 g/mol. The topological polar surface area (TPSA) is 185 Å². The van der Waals surface area contributed by atoms with Crippen molar-refractivity contribution >= 4 is 45.3 Å². The monoisotopic (exact) mass is 354 g/mol. The molecule has 2 amide bonds. The highest BCUT2D eigenvalue weighted by Gasteiger charge is 2.17. The molecule has 0 aromatic rings. The molecule has 0 aliphatic heterocycles. The van der Waals surface area contributed by atoms with E-state index in [1.165, 1.54) is 21.6 Å². The number of nitrogens with one attached hydrogen (secondary N) is 2. The Morgan fingerprint density at radius 2 is 1.14 bits per heavy atom. The standard InChI is InChI=1S/C10H18N4O6S2/c11-5(9(19)13-1-7(15)16)3-21-22-4-6(12)10(20)14-2-8(17)18/h5-6H,1-4,11-12H2,(H,13,19)(H,14,20)(H,15,16)(H,17,18)/t5-,6+. The Hall–Kier alpha value is -1.50. The summed E-state index contributed by atoms with van der Waals surface area (Å²) in [6.07, 6.45) is 0. The molecular formula is C10H18N4O6S2. The quantitative estimate of drug-likeness (QED) is 0.170. The van der Waals surface area contributed by atoms with Gasteiger partial charge < -0.3 is 32.3 Å². The van der Waals surface area contributed by atoms with Crippen LogP contribution in [0.5, 0.6) is 0 Å². The second-order valence-electron chi connectivity index (χ2n) is 4.01. The van der Waals surface area contributed by atoms with Crippen LogP contribution in [0, 0.1) is 0 Å². The van der Waals surface area contributed by atoms with Gasteiger partial charge in [0.2, 0.25) is 11.8 Å². The fourth-order valence-electron chi connectivity index (χ4n) is 0.982. The van der Waals surface area contributed by atoms with E-state index < -0.39 is 48.9 Å². The highest BCUT2D eigenvalue weighted by molar-refractivity contribution is 8.76. The van der Waals surface area contributed by atoms with Crippen molar-refractivity contribution in [2.24, 2.45) is 11.5 Å². The van der Waals surface area contributed by atoms with Crippen LogP contribution in [-0.4, -0.2) is 70.6 Å². The Labute approximate surface area is 134 Å². The predicted molar refractivity (Wildman–Crippen MR) is 82.2 cm³/mol. The first kappa shape index (κ1) is 20.5. The van der Waals surface area contributed by atoms with Crippen molar-refractivity contribution in [3.8, 4) is 0 Å². The van der Waals surface area contributed by atoms with Crippen LogP contribution in [0.2, 0.25) is 0 Å². The van der Waals surface area contributed by atoms with E-state index in [-0.39, 0.29) is 11.5 Å². The summed E-state index contributed by atoms with van der Waals surface area (Å²) in [5, 5.41) is 21.1. The Balaban J connectivity index is 3.82. The molecule has 0 saturated heterocycles. The molecule has 0 saturated carbocycles. The maximum Gasteiger partial charge on any atom is 0.322 e. The first-order valence-corrected chi connectivity index (χ1v) is 8.47. The summed E-state index contributed by atoms with van der Waals surface area (Å²) in [7, 11) is 2.40. The maximum atomic E-state index is 11.4. The molecule has 0 aliphatic carbocycles. The molecule has 0 rings (SSSR count). The van der Waals surface area contributed by atoms with E-state index in [2.05, 4.69) is 10.6 Å². The number of amides is 2. The molecule has 0 unspecified atom stereocenters. The largest absolute Gasteiger partial charge is 0.480 e. The first-order valence-electron chi connectivity index (χ1n) is 5.98. The normalized spacial score (nSPS) is 13.0. The predicted octanol–water partition coefficient (Wildman–Crippen LogP) is -2.58. The van der Waals surface area contributed by atoms with Gasteiger partial charge in [-0.1, -0.05) is 21.6 Å². The molecular weight excluding hydrogens is 336 g/mol. The molecule has 10 nitrogen and oxygen atoms in total. The number of rotatable bonds is 11. The molecule has 2 atom stereocenters. The summed E-state index contributed by atoms with van der Waals surface area (Å²) in [6.45, 7) is -1.00. The Morgan fingerprint density at radius 3 is 1.41 bits per heavy atom. The van der Waals surface area contributed by atoms with E-state index in [0.717, 1.165) is 0 Å². The fraction of sp³-hybridized carbons (Fsp3) is 0.600. The number of aliphatic carboxylic acids is 2. The molecule has 22 heavy (non-hydrogen) atoms. The van der Waals surface area contributed by atoms with E-state index in [4.69, 9.17) is 21.7 Å². The minimum Gasteiger partial charge on any atom is -0.480 e. The number of carbonyl (C=O) groups is 4. The van der Waals surface area contributed by atoms with Gasteiger partial charge in [0.1, 0.15) is 13.1 Å². The van der Waals surface area contributed by atoms with Gasteiger partial charge in [-0.3, -0.25) is 19.2 Å². The zero-order valence-corrected chi connectivity index (χ0v) is 13.1. The van der Waals surface area contributed by atoms with Gasteiger partial charge in [-0.15, -0.1) is 0 Å². The maximum absolute atomic E-state index is 11.4. The average Bonchev–Trinajstić information content (AvgIpc) is 2.45. The van der Waals surface area contributed by atoms with E-state index in [1.54, 1.807) is 0 Å². The van der Waals surface area contributed by atoms with Crippen molar-refractivity contribution in [3.63, 3.8) is 0 Å². The van der Waals surface area contributed by atoms with Gasteiger partial charge in [-0.25, -0.2) is 0 Å². The summed E-state index contributed by atoms with van der Waals surface area (Å²) in [5.41, 5.74) is 11.1. The summed E-state index contributed by atoms with van der Waals surface area (Å²) in [6, 6.07) is -1.76. The molecule has 0 radical (unpaired) electrons. The van der Waals surface area contributed by atoms with Gasteiger partial charge in [0.15, 0.2) is 0 Å². The summed E-state index contributed by atoms with van der Waals surface area (Å²) in [4.78, 5) is 43.3. The lowest BCUT2D eigenvalue weighted by Gasteiger charge is -2.12. The van der Waals surface area contributed by atoms with Gasteiger partial charge in [0.25, 0.3) is 0 Å². The van der Waals surface area contributed by atoms with Crippen molar-refractivity contribution in [3.05, 3.63) is 0 Å². The zero-order chi connectivity index (χ0) is 17.1. The number of carboxylic acid groups (broad SMARTS) is 2. The van der Waals surface area contributed by atoms with Crippen molar-refractivity contribution in [1.29, 1.82) is 0 Å². The molecule has 0 heterocycles. The number of carboxylic acids is 2.